The maximum atomic E-state index is 13.5. The molecule has 0 aliphatic carbocycles. The van der Waals surface area contributed by atoms with E-state index in [4.69, 9.17) is 4.42 Å². The SMILES string of the molecule is O=C(NCc1ccc(-c2ccoc2)nc1)NCc1ccccc1F. The first-order valence-corrected chi connectivity index (χ1v) is 7.45. The molecule has 0 fully saturated rings. The molecule has 0 atom stereocenters. The number of nitrogens with zero attached hydrogens (tertiary/aromatic N) is 1. The molecule has 5 nitrogen and oxygen atoms in total. The van der Waals surface area contributed by atoms with Gasteiger partial charge in [-0.25, -0.2) is 9.18 Å². The van der Waals surface area contributed by atoms with Crippen LogP contribution in [0.25, 0.3) is 11.3 Å². The third kappa shape index (κ3) is 3.98. The van der Waals surface area contributed by atoms with Crippen LogP contribution in [0.5, 0.6) is 0 Å². The summed E-state index contributed by atoms with van der Waals surface area (Å²) in [7, 11) is 0. The maximum absolute atomic E-state index is 13.5. The molecule has 2 N–H and O–H groups in total. The fourth-order valence-electron chi connectivity index (χ4n) is 2.17. The minimum Gasteiger partial charge on any atom is -0.472 e. The number of carbonyl (C=O) groups excluding carboxylic acids is 1. The second kappa shape index (κ2) is 7.41. The summed E-state index contributed by atoms with van der Waals surface area (Å²) in [5.74, 6) is -0.336. The van der Waals surface area contributed by atoms with E-state index in [0.29, 0.717) is 12.1 Å². The van der Waals surface area contributed by atoms with Crippen molar-refractivity contribution in [2.24, 2.45) is 0 Å². The molecule has 2 aromatic heterocycles. The second-order valence-electron chi connectivity index (χ2n) is 5.19. The Bertz CT molecular complexity index is 801. The number of benzene rings is 1. The van der Waals surface area contributed by atoms with Crippen LogP contribution in [0.2, 0.25) is 0 Å². The number of nitrogens with one attached hydrogen (secondary N) is 2. The van der Waals surface area contributed by atoms with Crippen LogP contribution < -0.4 is 10.6 Å². The molecule has 0 saturated heterocycles. The minimum absolute atomic E-state index is 0.135. The molecule has 0 saturated carbocycles. The van der Waals surface area contributed by atoms with Crippen molar-refractivity contribution in [1.29, 1.82) is 0 Å². The zero-order valence-electron chi connectivity index (χ0n) is 12.8. The number of pyridine rings is 1. The summed E-state index contributed by atoms with van der Waals surface area (Å²) in [4.78, 5) is 16.1. The average molecular weight is 325 g/mol. The first-order valence-electron chi connectivity index (χ1n) is 7.45. The molecule has 0 aliphatic rings. The Morgan fingerprint density at radius 1 is 1.08 bits per heavy atom. The molecule has 0 radical (unpaired) electrons. The van der Waals surface area contributed by atoms with Crippen molar-refractivity contribution < 1.29 is 13.6 Å². The average Bonchev–Trinajstić information content (AvgIpc) is 3.14. The van der Waals surface area contributed by atoms with E-state index in [1.165, 1.54) is 6.07 Å². The lowest BCUT2D eigenvalue weighted by molar-refractivity contribution is 0.240. The number of halogens is 1. The lowest BCUT2D eigenvalue weighted by Crippen LogP contribution is -2.34. The number of carbonyl (C=O) groups is 1. The Kier molecular flexibility index (Phi) is 4.86. The van der Waals surface area contributed by atoms with Gasteiger partial charge in [0.25, 0.3) is 0 Å². The molecule has 0 bridgehead atoms. The number of hydrogen-bond acceptors (Lipinski definition) is 3. The van der Waals surface area contributed by atoms with Crippen molar-refractivity contribution in [3.8, 4) is 11.3 Å². The standard InChI is InChI=1S/C18H16FN3O2/c19-16-4-2-1-3-14(16)11-22-18(23)21-10-13-5-6-17(20-9-13)15-7-8-24-12-15/h1-9,12H,10-11H2,(H2,21,22,23). The van der Waals surface area contributed by atoms with Crippen molar-refractivity contribution in [3.63, 3.8) is 0 Å². The number of urea groups is 1. The lowest BCUT2D eigenvalue weighted by Gasteiger charge is -2.08. The van der Waals surface area contributed by atoms with Crippen LogP contribution in [-0.4, -0.2) is 11.0 Å². The van der Waals surface area contributed by atoms with Gasteiger partial charge in [-0.1, -0.05) is 24.3 Å². The van der Waals surface area contributed by atoms with Gasteiger partial charge in [-0.15, -0.1) is 0 Å². The topological polar surface area (TPSA) is 67.2 Å². The summed E-state index contributed by atoms with van der Waals surface area (Å²) < 4.78 is 18.5. The highest BCUT2D eigenvalue weighted by molar-refractivity contribution is 5.73. The van der Waals surface area contributed by atoms with Crippen LogP contribution in [-0.2, 0) is 13.1 Å². The molecule has 2 heterocycles. The van der Waals surface area contributed by atoms with Crippen molar-refractivity contribution in [2.75, 3.05) is 0 Å². The molecule has 0 aliphatic heterocycles. The molecule has 6 heteroatoms. The van der Waals surface area contributed by atoms with Gasteiger partial charge in [0.15, 0.2) is 0 Å². The highest BCUT2D eigenvalue weighted by Crippen LogP contribution is 2.16. The fourth-order valence-corrected chi connectivity index (χ4v) is 2.17. The number of hydrogen-bond donors (Lipinski definition) is 2. The molecule has 24 heavy (non-hydrogen) atoms. The van der Waals surface area contributed by atoms with Gasteiger partial charge in [0.2, 0.25) is 0 Å². The molecule has 0 unspecified atom stereocenters. The monoisotopic (exact) mass is 325 g/mol. The summed E-state index contributed by atoms with van der Waals surface area (Å²) in [6.45, 7) is 0.470. The van der Waals surface area contributed by atoms with E-state index in [0.717, 1.165) is 16.8 Å². The second-order valence-corrected chi connectivity index (χ2v) is 5.19. The van der Waals surface area contributed by atoms with E-state index in [9.17, 15) is 9.18 Å². The van der Waals surface area contributed by atoms with Gasteiger partial charge >= 0.3 is 6.03 Å². The van der Waals surface area contributed by atoms with Crippen LogP contribution in [0.1, 0.15) is 11.1 Å². The molecule has 1 aromatic carbocycles. The van der Waals surface area contributed by atoms with Gasteiger partial charge in [-0.2, -0.15) is 0 Å². The van der Waals surface area contributed by atoms with Crippen LogP contribution in [0, 0.1) is 5.82 Å². The van der Waals surface area contributed by atoms with Crippen LogP contribution >= 0.6 is 0 Å². The Morgan fingerprint density at radius 2 is 1.92 bits per heavy atom. The smallest absolute Gasteiger partial charge is 0.315 e. The summed E-state index contributed by atoms with van der Waals surface area (Å²) >= 11 is 0. The third-order valence-corrected chi connectivity index (χ3v) is 3.49. The van der Waals surface area contributed by atoms with Gasteiger partial charge in [-0.05, 0) is 23.8 Å². The Labute approximate surface area is 138 Å². The molecular formula is C18H16FN3O2. The summed E-state index contributed by atoms with van der Waals surface area (Å²) in [6, 6.07) is 11.5. The molecular weight excluding hydrogens is 309 g/mol. The van der Waals surface area contributed by atoms with Gasteiger partial charge in [0.1, 0.15) is 5.82 Å². The summed E-state index contributed by atoms with van der Waals surface area (Å²) in [5, 5.41) is 5.33. The van der Waals surface area contributed by atoms with Gasteiger partial charge in [0, 0.05) is 30.4 Å². The van der Waals surface area contributed by atoms with Crippen LogP contribution in [0.3, 0.4) is 0 Å². The van der Waals surface area contributed by atoms with Gasteiger partial charge in [-0.3, -0.25) is 4.98 Å². The summed E-state index contributed by atoms with van der Waals surface area (Å²) in [5.41, 5.74) is 3.01. The Hall–Kier alpha value is -3.15. The quantitative estimate of drug-likeness (QED) is 0.755. The van der Waals surface area contributed by atoms with E-state index in [-0.39, 0.29) is 18.4 Å². The number of aromatic nitrogens is 1. The van der Waals surface area contributed by atoms with E-state index in [2.05, 4.69) is 15.6 Å². The largest absolute Gasteiger partial charge is 0.472 e. The third-order valence-electron chi connectivity index (χ3n) is 3.49. The van der Waals surface area contributed by atoms with Crippen molar-refractivity contribution in [1.82, 2.24) is 15.6 Å². The molecule has 0 spiro atoms. The van der Waals surface area contributed by atoms with E-state index >= 15 is 0 Å². The molecule has 3 aromatic rings. The Balaban J connectivity index is 1.48. The lowest BCUT2D eigenvalue weighted by atomic mass is 10.2. The highest BCUT2D eigenvalue weighted by Gasteiger charge is 2.05. The molecule has 122 valence electrons. The molecule has 3 rings (SSSR count). The van der Waals surface area contributed by atoms with Gasteiger partial charge < -0.3 is 15.1 Å². The zero-order valence-corrected chi connectivity index (χ0v) is 12.8. The van der Waals surface area contributed by atoms with E-state index in [1.54, 1.807) is 36.9 Å². The van der Waals surface area contributed by atoms with E-state index in [1.807, 2.05) is 18.2 Å². The highest BCUT2D eigenvalue weighted by atomic mass is 19.1. The Morgan fingerprint density at radius 3 is 2.62 bits per heavy atom. The van der Waals surface area contributed by atoms with Crippen molar-refractivity contribution in [2.45, 2.75) is 13.1 Å². The van der Waals surface area contributed by atoms with E-state index < -0.39 is 0 Å². The van der Waals surface area contributed by atoms with Crippen LogP contribution in [0.4, 0.5) is 9.18 Å². The summed E-state index contributed by atoms with van der Waals surface area (Å²) in [6.07, 6.45) is 4.91. The number of rotatable bonds is 5. The minimum atomic E-state index is -0.364. The maximum Gasteiger partial charge on any atom is 0.315 e. The number of amides is 2. The fraction of sp³-hybridized carbons (Fsp3) is 0.111. The van der Waals surface area contributed by atoms with Crippen molar-refractivity contribution >= 4 is 6.03 Å². The van der Waals surface area contributed by atoms with Crippen molar-refractivity contribution in [3.05, 3.63) is 78.1 Å². The predicted molar refractivity (Wildman–Crippen MR) is 87.4 cm³/mol. The molecule has 2 amide bonds. The zero-order chi connectivity index (χ0) is 16.8. The normalized spacial score (nSPS) is 10.4. The predicted octanol–water partition coefficient (Wildman–Crippen LogP) is 3.48. The van der Waals surface area contributed by atoms with Crippen LogP contribution in [0.15, 0.2) is 65.6 Å². The van der Waals surface area contributed by atoms with Gasteiger partial charge in [0.05, 0.1) is 18.2 Å². The first-order chi connectivity index (χ1) is 11.7. The first kappa shape index (κ1) is 15.7. The number of furan rings is 1.